The van der Waals surface area contributed by atoms with E-state index in [9.17, 15) is 14.9 Å². The van der Waals surface area contributed by atoms with E-state index in [1.54, 1.807) is 25.1 Å². The number of rotatable bonds is 4. The summed E-state index contributed by atoms with van der Waals surface area (Å²) in [5.74, 6) is 0.944. The van der Waals surface area contributed by atoms with E-state index in [1.165, 1.54) is 7.05 Å². The van der Waals surface area contributed by atoms with Crippen LogP contribution < -0.4 is 25.9 Å². The maximum Gasteiger partial charge on any atom is 0.273 e. The number of hydrazine groups is 1. The number of nitrogens with zero attached hydrogens (tertiary/aromatic N) is 3. The number of anilines is 1. The maximum absolute atomic E-state index is 12.5. The van der Waals surface area contributed by atoms with Crippen molar-refractivity contribution in [3.63, 3.8) is 0 Å². The molecule has 1 amide bonds. The second-order valence-corrected chi connectivity index (χ2v) is 5.23. The van der Waals surface area contributed by atoms with Gasteiger partial charge in [0.15, 0.2) is 11.5 Å². The molecule has 25 heavy (non-hydrogen) atoms. The largest absolute Gasteiger partial charge is 0.454 e. The summed E-state index contributed by atoms with van der Waals surface area (Å²) in [6.45, 7) is 1.81. The fourth-order valence-electron chi connectivity index (χ4n) is 2.28. The lowest BCUT2D eigenvalue weighted by Gasteiger charge is -2.13. The molecule has 0 saturated carbocycles. The van der Waals surface area contributed by atoms with Crippen molar-refractivity contribution < 1.29 is 14.3 Å². The van der Waals surface area contributed by atoms with Gasteiger partial charge in [-0.05, 0) is 18.2 Å². The molecule has 1 aliphatic heterocycles. The molecular weight excluding hydrogens is 326 g/mol. The molecule has 0 aliphatic carbocycles. The predicted molar refractivity (Wildman–Crippen MR) is 87.8 cm³/mol. The molecule has 0 spiro atoms. The number of benzene rings is 1. The monoisotopic (exact) mass is 341 g/mol. The standard InChI is InChI=1S/C16H15N5O4/c1-3-13(22)19-20-16-18-14(10(7-17)15(23)21(16)2)9-4-5-11-12(6-9)25-8-24-11/h4-6H,3,8H2,1-2H3,(H,18,20)(H,19,22). The van der Waals surface area contributed by atoms with Crippen molar-refractivity contribution in [1.82, 2.24) is 15.0 Å². The number of amides is 1. The van der Waals surface area contributed by atoms with Crippen molar-refractivity contribution in [2.45, 2.75) is 13.3 Å². The fraction of sp³-hybridized carbons (Fsp3) is 0.250. The van der Waals surface area contributed by atoms with E-state index in [0.717, 1.165) is 4.57 Å². The van der Waals surface area contributed by atoms with E-state index in [-0.39, 0.29) is 36.3 Å². The summed E-state index contributed by atoms with van der Waals surface area (Å²) in [4.78, 5) is 28.2. The zero-order chi connectivity index (χ0) is 18.0. The third-order valence-corrected chi connectivity index (χ3v) is 3.68. The summed E-state index contributed by atoms with van der Waals surface area (Å²) in [6, 6.07) is 6.91. The third kappa shape index (κ3) is 2.97. The van der Waals surface area contributed by atoms with Gasteiger partial charge in [0.2, 0.25) is 18.6 Å². The van der Waals surface area contributed by atoms with Crippen molar-refractivity contribution in [3.05, 3.63) is 34.1 Å². The summed E-state index contributed by atoms with van der Waals surface area (Å²) in [6.07, 6.45) is 0.270. The zero-order valence-electron chi connectivity index (χ0n) is 13.6. The Morgan fingerprint density at radius 1 is 1.40 bits per heavy atom. The Morgan fingerprint density at radius 3 is 2.88 bits per heavy atom. The van der Waals surface area contributed by atoms with Crippen molar-refractivity contribution in [2.75, 3.05) is 12.2 Å². The van der Waals surface area contributed by atoms with Crippen LogP contribution in [0.15, 0.2) is 23.0 Å². The lowest BCUT2D eigenvalue weighted by atomic mass is 10.1. The number of aromatic nitrogens is 2. The Hall–Kier alpha value is -3.54. The molecule has 128 valence electrons. The van der Waals surface area contributed by atoms with Crippen LogP contribution in [0.1, 0.15) is 18.9 Å². The normalized spacial score (nSPS) is 11.7. The molecule has 1 aliphatic rings. The predicted octanol–water partition coefficient (Wildman–Crippen LogP) is 0.901. The van der Waals surface area contributed by atoms with Gasteiger partial charge in [0.1, 0.15) is 11.6 Å². The molecule has 0 radical (unpaired) electrons. The Bertz CT molecular complexity index is 945. The van der Waals surface area contributed by atoms with E-state index < -0.39 is 5.56 Å². The SMILES string of the molecule is CCC(=O)NNc1nc(-c2ccc3c(c2)OCO3)c(C#N)c(=O)n1C. The molecule has 3 rings (SSSR count). The molecule has 0 atom stereocenters. The van der Waals surface area contributed by atoms with Gasteiger partial charge in [-0.15, -0.1) is 0 Å². The molecule has 2 N–H and O–H groups in total. The van der Waals surface area contributed by atoms with Crippen LogP contribution in [-0.2, 0) is 11.8 Å². The smallest absolute Gasteiger partial charge is 0.273 e. The number of ether oxygens (including phenoxy) is 2. The average Bonchev–Trinajstić information content (AvgIpc) is 3.10. The van der Waals surface area contributed by atoms with Crippen molar-refractivity contribution in [1.29, 1.82) is 5.26 Å². The van der Waals surface area contributed by atoms with Gasteiger partial charge in [-0.2, -0.15) is 5.26 Å². The summed E-state index contributed by atoms with van der Waals surface area (Å²) in [5.41, 5.74) is 5.13. The molecule has 2 aromatic rings. The molecule has 0 saturated heterocycles. The van der Waals surface area contributed by atoms with Crippen LogP contribution in [0, 0.1) is 11.3 Å². The van der Waals surface area contributed by atoms with E-state index >= 15 is 0 Å². The number of fused-ring (bicyclic) bond motifs is 1. The summed E-state index contributed by atoms with van der Waals surface area (Å²) in [7, 11) is 1.46. The number of hydrogen-bond donors (Lipinski definition) is 2. The Morgan fingerprint density at radius 2 is 2.16 bits per heavy atom. The number of carbonyl (C=O) groups is 1. The van der Waals surface area contributed by atoms with Crippen LogP contribution in [0.5, 0.6) is 11.5 Å². The molecule has 9 heteroatoms. The number of nitrogens with one attached hydrogen (secondary N) is 2. The van der Waals surface area contributed by atoms with Crippen molar-refractivity contribution in [3.8, 4) is 28.8 Å². The molecule has 1 aromatic heterocycles. The van der Waals surface area contributed by atoms with Gasteiger partial charge in [-0.1, -0.05) is 6.92 Å². The van der Waals surface area contributed by atoms with E-state index in [1.807, 2.05) is 6.07 Å². The second-order valence-electron chi connectivity index (χ2n) is 5.23. The van der Waals surface area contributed by atoms with Crippen LogP contribution in [0.2, 0.25) is 0 Å². The Balaban J connectivity index is 2.09. The highest BCUT2D eigenvalue weighted by Crippen LogP contribution is 2.36. The molecule has 0 fully saturated rings. The lowest BCUT2D eigenvalue weighted by Crippen LogP contribution is -2.34. The van der Waals surface area contributed by atoms with Crippen LogP contribution in [0.25, 0.3) is 11.3 Å². The number of hydrogen-bond acceptors (Lipinski definition) is 7. The highest BCUT2D eigenvalue weighted by molar-refractivity contribution is 5.77. The van der Waals surface area contributed by atoms with Gasteiger partial charge in [0.05, 0.1) is 5.69 Å². The van der Waals surface area contributed by atoms with Gasteiger partial charge in [0.25, 0.3) is 5.56 Å². The minimum Gasteiger partial charge on any atom is -0.454 e. The first-order chi connectivity index (χ1) is 12.0. The topological polar surface area (TPSA) is 118 Å². The van der Waals surface area contributed by atoms with Crippen LogP contribution in [0.3, 0.4) is 0 Å². The number of nitriles is 1. The van der Waals surface area contributed by atoms with E-state index in [0.29, 0.717) is 17.1 Å². The molecule has 2 heterocycles. The van der Waals surface area contributed by atoms with E-state index in [2.05, 4.69) is 15.8 Å². The van der Waals surface area contributed by atoms with Gasteiger partial charge >= 0.3 is 0 Å². The van der Waals surface area contributed by atoms with Gasteiger partial charge in [-0.25, -0.2) is 4.98 Å². The minimum absolute atomic E-state index is 0.103. The van der Waals surface area contributed by atoms with Crippen molar-refractivity contribution >= 4 is 11.9 Å². The summed E-state index contributed by atoms with van der Waals surface area (Å²) < 4.78 is 11.7. The highest BCUT2D eigenvalue weighted by atomic mass is 16.7. The first-order valence-corrected chi connectivity index (χ1v) is 7.51. The Kier molecular flexibility index (Phi) is 4.26. The molecule has 9 nitrogen and oxygen atoms in total. The van der Waals surface area contributed by atoms with Gasteiger partial charge in [0, 0.05) is 19.0 Å². The zero-order valence-corrected chi connectivity index (χ0v) is 13.6. The lowest BCUT2D eigenvalue weighted by molar-refractivity contribution is -0.120. The molecular formula is C16H15N5O4. The van der Waals surface area contributed by atoms with E-state index in [4.69, 9.17) is 9.47 Å². The summed E-state index contributed by atoms with van der Waals surface area (Å²) >= 11 is 0. The first kappa shape index (κ1) is 16.3. The fourth-order valence-corrected chi connectivity index (χ4v) is 2.28. The van der Waals surface area contributed by atoms with Crippen LogP contribution >= 0.6 is 0 Å². The Labute approximate surface area is 142 Å². The maximum atomic E-state index is 12.5. The quantitative estimate of drug-likeness (QED) is 0.793. The molecule has 0 unspecified atom stereocenters. The average molecular weight is 341 g/mol. The van der Waals surface area contributed by atoms with Crippen LogP contribution in [0.4, 0.5) is 5.95 Å². The molecule has 1 aromatic carbocycles. The summed E-state index contributed by atoms with van der Waals surface area (Å²) in [5, 5.41) is 9.38. The second kappa shape index (κ2) is 6.52. The van der Waals surface area contributed by atoms with Gasteiger partial charge < -0.3 is 9.47 Å². The minimum atomic E-state index is -0.529. The first-order valence-electron chi connectivity index (χ1n) is 7.51. The third-order valence-electron chi connectivity index (χ3n) is 3.68. The highest BCUT2D eigenvalue weighted by Gasteiger charge is 2.20. The number of carbonyl (C=O) groups excluding carboxylic acids is 1. The molecule has 0 bridgehead atoms. The van der Waals surface area contributed by atoms with Gasteiger partial charge in [-0.3, -0.25) is 25.0 Å². The van der Waals surface area contributed by atoms with Crippen molar-refractivity contribution in [2.24, 2.45) is 7.05 Å². The van der Waals surface area contributed by atoms with Crippen LogP contribution in [-0.4, -0.2) is 22.3 Å².